The third-order valence-electron chi connectivity index (χ3n) is 5.77. The zero-order chi connectivity index (χ0) is 25.4. The fourth-order valence-electron chi connectivity index (χ4n) is 4.06. The van der Waals surface area contributed by atoms with Gasteiger partial charge in [0.1, 0.15) is 5.65 Å². The maximum atomic E-state index is 13.8. The molecule has 0 aliphatic carbocycles. The van der Waals surface area contributed by atoms with Gasteiger partial charge in [0.25, 0.3) is 5.56 Å². The summed E-state index contributed by atoms with van der Waals surface area (Å²) in [6, 6.07) is 20.8. The molecule has 0 unspecified atom stereocenters. The van der Waals surface area contributed by atoms with Crippen LogP contribution in [-0.4, -0.2) is 28.8 Å². The van der Waals surface area contributed by atoms with Gasteiger partial charge in [-0.2, -0.15) is 0 Å². The van der Waals surface area contributed by atoms with Crippen LogP contribution < -0.4 is 20.7 Å². The summed E-state index contributed by atoms with van der Waals surface area (Å²) in [6.07, 6.45) is 0. The van der Waals surface area contributed by atoms with Crippen LogP contribution in [-0.2, 0) is 0 Å². The van der Waals surface area contributed by atoms with Gasteiger partial charge in [-0.3, -0.25) is 9.78 Å². The summed E-state index contributed by atoms with van der Waals surface area (Å²) >= 11 is 12.2. The van der Waals surface area contributed by atoms with Gasteiger partial charge < -0.3 is 9.47 Å². The van der Waals surface area contributed by atoms with Crippen LogP contribution in [0.1, 0.15) is 0 Å². The SMILES string of the molecule is COc1ccc(-c2cc(-c3ccc(Cl)cc3)nc3[nH]c(=O)n(-c4cccc(Cl)c4)c(=O)c23)cc1OC. The lowest BCUT2D eigenvalue weighted by Gasteiger charge is -2.14. The molecule has 36 heavy (non-hydrogen) atoms. The van der Waals surface area contributed by atoms with Gasteiger partial charge in [0, 0.05) is 21.2 Å². The molecule has 0 amide bonds. The first kappa shape index (κ1) is 23.7. The maximum absolute atomic E-state index is 13.8. The molecule has 0 saturated heterocycles. The average molecular weight is 520 g/mol. The lowest BCUT2D eigenvalue weighted by Crippen LogP contribution is -2.34. The Bertz CT molecular complexity index is 1730. The van der Waals surface area contributed by atoms with Gasteiger partial charge in [-0.15, -0.1) is 0 Å². The van der Waals surface area contributed by atoms with Gasteiger partial charge in [0.2, 0.25) is 0 Å². The second kappa shape index (κ2) is 9.53. The summed E-state index contributed by atoms with van der Waals surface area (Å²) in [5.74, 6) is 1.04. The molecular weight excluding hydrogens is 501 g/mol. The third-order valence-corrected chi connectivity index (χ3v) is 6.25. The van der Waals surface area contributed by atoms with Crippen molar-refractivity contribution in [1.82, 2.24) is 14.5 Å². The molecule has 5 aromatic rings. The number of rotatable bonds is 5. The minimum atomic E-state index is -0.631. The molecule has 1 N–H and O–H groups in total. The highest BCUT2D eigenvalue weighted by Crippen LogP contribution is 2.36. The number of hydrogen-bond donors (Lipinski definition) is 1. The van der Waals surface area contributed by atoms with E-state index in [2.05, 4.69) is 9.97 Å². The monoisotopic (exact) mass is 519 g/mol. The number of nitrogens with zero attached hydrogens (tertiary/aromatic N) is 2. The Morgan fingerprint density at radius 3 is 2.22 bits per heavy atom. The van der Waals surface area contributed by atoms with Crippen molar-refractivity contribution in [2.45, 2.75) is 0 Å². The first-order valence-corrected chi connectivity index (χ1v) is 11.6. The summed E-state index contributed by atoms with van der Waals surface area (Å²) in [5, 5.41) is 1.21. The normalized spacial score (nSPS) is 11.0. The Kier molecular flexibility index (Phi) is 6.26. The molecule has 0 atom stereocenters. The maximum Gasteiger partial charge on any atom is 0.334 e. The van der Waals surface area contributed by atoms with Crippen LogP contribution in [0, 0.1) is 0 Å². The van der Waals surface area contributed by atoms with Crippen LogP contribution in [0.4, 0.5) is 0 Å². The highest BCUT2D eigenvalue weighted by Gasteiger charge is 2.19. The standard InChI is InChI=1S/C27H19Cl2N3O4/c1-35-22-11-8-16(12-23(22)36-2)20-14-21(15-6-9-17(28)10-7-15)30-25-24(20)26(33)32(27(34)31-25)19-5-3-4-18(29)13-19/h3-14H,1-2H3,(H,30,31,34). The van der Waals surface area contributed by atoms with Crippen molar-refractivity contribution in [3.05, 3.63) is 104 Å². The van der Waals surface area contributed by atoms with E-state index in [1.807, 2.05) is 18.2 Å². The number of hydrogen-bond acceptors (Lipinski definition) is 5. The molecule has 7 nitrogen and oxygen atoms in total. The summed E-state index contributed by atoms with van der Waals surface area (Å²) in [7, 11) is 3.08. The quantitative estimate of drug-likeness (QED) is 0.320. The average Bonchev–Trinajstić information content (AvgIpc) is 2.88. The lowest BCUT2D eigenvalue weighted by molar-refractivity contribution is 0.355. The first-order chi connectivity index (χ1) is 17.4. The highest BCUT2D eigenvalue weighted by molar-refractivity contribution is 6.31. The van der Waals surface area contributed by atoms with E-state index in [0.29, 0.717) is 44.1 Å². The molecule has 5 rings (SSSR count). The second-order valence-corrected chi connectivity index (χ2v) is 8.78. The Balaban J connectivity index is 1.87. The molecule has 3 aromatic carbocycles. The van der Waals surface area contributed by atoms with Crippen LogP contribution in [0.3, 0.4) is 0 Å². The van der Waals surface area contributed by atoms with Gasteiger partial charge in [0.05, 0.1) is 31.0 Å². The predicted octanol–water partition coefficient (Wildman–Crippen LogP) is 5.73. The molecule has 0 spiro atoms. The summed E-state index contributed by atoms with van der Waals surface area (Å²) in [4.78, 5) is 34.3. The van der Waals surface area contributed by atoms with Crippen molar-refractivity contribution in [1.29, 1.82) is 0 Å². The van der Waals surface area contributed by atoms with E-state index in [4.69, 9.17) is 32.7 Å². The van der Waals surface area contributed by atoms with E-state index in [1.165, 1.54) is 7.11 Å². The van der Waals surface area contributed by atoms with E-state index in [1.54, 1.807) is 61.7 Å². The molecule has 9 heteroatoms. The fourth-order valence-corrected chi connectivity index (χ4v) is 4.37. The molecule has 0 fully saturated rings. The molecule has 0 radical (unpaired) electrons. The van der Waals surface area contributed by atoms with Gasteiger partial charge >= 0.3 is 5.69 Å². The molecule has 0 aliphatic rings. The van der Waals surface area contributed by atoms with Crippen molar-refractivity contribution in [3.8, 4) is 39.6 Å². The summed E-state index contributed by atoms with van der Waals surface area (Å²) in [5.41, 5.74) is 1.89. The van der Waals surface area contributed by atoms with E-state index < -0.39 is 11.2 Å². The number of fused-ring (bicyclic) bond motifs is 1. The minimum absolute atomic E-state index is 0.153. The van der Waals surface area contributed by atoms with Gasteiger partial charge in [-0.05, 0) is 54.1 Å². The van der Waals surface area contributed by atoms with E-state index in [9.17, 15) is 9.59 Å². The van der Waals surface area contributed by atoms with Gasteiger partial charge in [0.15, 0.2) is 11.5 Å². The third kappa shape index (κ3) is 4.23. The molecule has 180 valence electrons. The van der Waals surface area contributed by atoms with Crippen molar-refractivity contribution >= 4 is 34.2 Å². The summed E-state index contributed by atoms with van der Waals surface area (Å²) in [6.45, 7) is 0. The number of pyridine rings is 1. The van der Waals surface area contributed by atoms with Crippen molar-refractivity contribution in [2.75, 3.05) is 14.2 Å². The van der Waals surface area contributed by atoms with Crippen molar-refractivity contribution in [3.63, 3.8) is 0 Å². The van der Waals surface area contributed by atoms with Crippen LogP contribution in [0.15, 0.2) is 82.4 Å². The molecule has 0 bridgehead atoms. The van der Waals surface area contributed by atoms with Crippen LogP contribution in [0.25, 0.3) is 39.1 Å². The Labute approximate surface area is 215 Å². The Hall–Kier alpha value is -4.07. The predicted molar refractivity (Wildman–Crippen MR) is 142 cm³/mol. The summed E-state index contributed by atoms with van der Waals surface area (Å²) < 4.78 is 11.9. The number of benzene rings is 3. The fraction of sp³-hybridized carbons (Fsp3) is 0.0741. The second-order valence-electron chi connectivity index (χ2n) is 7.91. The highest BCUT2D eigenvalue weighted by atomic mass is 35.5. The van der Waals surface area contributed by atoms with Gasteiger partial charge in [-0.1, -0.05) is 47.5 Å². The smallest absolute Gasteiger partial charge is 0.334 e. The number of methoxy groups -OCH3 is 2. The van der Waals surface area contributed by atoms with Crippen LogP contribution >= 0.6 is 23.2 Å². The minimum Gasteiger partial charge on any atom is -0.493 e. The molecule has 2 aromatic heterocycles. The van der Waals surface area contributed by atoms with Crippen LogP contribution in [0.5, 0.6) is 11.5 Å². The van der Waals surface area contributed by atoms with E-state index >= 15 is 0 Å². The Morgan fingerprint density at radius 2 is 1.53 bits per heavy atom. The number of halogens is 2. The number of nitrogens with one attached hydrogen (secondary N) is 1. The molecule has 0 saturated carbocycles. The Morgan fingerprint density at radius 1 is 0.806 bits per heavy atom. The number of H-pyrrole nitrogens is 1. The van der Waals surface area contributed by atoms with Gasteiger partial charge in [-0.25, -0.2) is 14.3 Å². The zero-order valence-electron chi connectivity index (χ0n) is 19.2. The number of ether oxygens (including phenoxy) is 2. The number of aromatic amines is 1. The number of aromatic nitrogens is 3. The van der Waals surface area contributed by atoms with Crippen molar-refractivity contribution in [2.24, 2.45) is 0 Å². The van der Waals surface area contributed by atoms with Crippen molar-refractivity contribution < 1.29 is 9.47 Å². The molecule has 0 aliphatic heterocycles. The largest absolute Gasteiger partial charge is 0.493 e. The van der Waals surface area contributed by atoms with E-state index in [0.717, 1.165) is 10.1 Å². The van der Waals surface area contributed by atoms with E-state index in [-0.39, 0.29) is 11.0 Å². The zero-order valence-corrected chi connectivity index (χ0v) is 20.7. The lowest BCUT2D eigenvalue weighted by atomic mass is 9.99. The first-order valence-electron chi connectivity index (χ1n) is 10.8. The molecule has 2 heterocycles. The molecular formula is C27H19Cl2N3O4. The van der Waals surface area contributed by atoms with Crippen LogP contribution in [0.2, 0.25) is 10.0 Å². The topological polar surface area (TPSA) is 86.2 Å².